The Hall–Kier alpha value is -1.59. The highest BCUT2D eigenvalue weighted by molar-refractivity contribution is 5.85. The number of hydrogen-bond acceptors (Lipinski definition) is 4. The zero-order valence-electron chi connectivity index (χ0n) is 11.3. The minimum absolute atomic E-state index is 0. The third-order valence-electron chi connectivity index (χ3n) is 2.51. The second-order valence-corrected chi connectivity index (χ2v) is 4.06. The van der Waals surface area contributed by atoms with Crippen molar-refractivity contribution in [2.75, 3.05) is 13.6 Å². The number of halogens is 5. The van der Waals surface area contributed by atoms with Crippen LogP contribution in [0, 0.1) is 24.1 Å². The van der Waals surface area contributed by atoms with Crippen LogP contribution in [0.5, 0.6) is 5.88 Å². The number of pyridine rings is 1. The first-order chi connectivity index (χ1) is 9.29. The van der Waals surface area contributed by atoms with Crippen LogP contribution in [-0.2, 0) is 0 Å². The van der Waals surface area contributed by atoms with Crippen molar-refractivity contribution < 1.29 is 22.3 Å². The molecule has 0 aliphatic rings. The fourth-order valence-electron chi connectivity index (χ4n) is 1.43. The zero-order valence-corrected chi connectivity index (χ0v) is 12.1. The Morgan fingerprint density at radius 2 is 2.10 bits per heavy atom. The number of nitriles is 1. The van der Waals surface area contributed by atoms with Crippen molar-refractivity contribution in [1.82, 2.24) is 10.3 Å². The lowest BCUT2D eigenvalue weighted by molar-refractivity contribution is -0.197. The zero-order chi connectivity index (χ0) is 15.3. The molecule has 1 atom stereocenters. The van der Waals surface area contributed by atoms with Crippen LogP contribution in [0.1, 0.15) is 17.7 Å². The lowest BCUT2D eigenvalue weighted by atomic mass is 10.2. The molecule has 118 valence electrons. The fourth-order valence-corrected chi connectivity index (χ4v) is 1.43. The van der Waals surface area contributed by atoms with Gasteiger partial charge in [0.1, 0.15) is 17.4 Å². The summed E-state index contributed by atoms with van der Waals surface area (Å²) in [6, 6.07) is 2.37. The van der Waals surface area contributed by atoms with Crippen LogP contribution < -0.4 is 10.1 Å². The minimum Gasteiger partial charge on any atom is -0.464 e. The molecule has 4 nitrogen and oxygen atoms in total. The van der Waals surface area contributed by atoms with E-state index >= 15 is 0 Å². The van der Waals surface area contributed by atoms with E-state index in [1.165, 1.54) is 14.0 Å². The molecule has 0 bridgehead atoms. The highest BCUT2D eigenvalue weighted by Gasteiger charge is 2.42. The number of nitrogens with zero attached hydrogens (tertiary/aromatic N) is 2. The monoisotopic (exact) mass is 327 g/mol. The Morgan fingerprint density at radius 3 is 2.57 bits per heavy atom. The van der Waals surface area contributed by atoms with Crippen molar-refractivity contribution >= 4 is 12.4 Å². The molecule has 1 heterocycles. The molecule has 21 heavy (non-hydrogen) atoms. The molecule has 0 aliphatic carbocycles. The van der Waals surface area contributed by atoms with E-state index in [4.69, 9.17) is 10.00 Å². The summed E-state index contributed by atoms with van der Waals surface area (Å²) in [5.41, 5.74) is -0.500. The molecule has 0 saturated carbocycles. The predicted octanol–water partition coefficient (Wildman–Crippen LogP) is 2.74. The van der Waals surface area contributed by atoms with Gasteiger partial charge in [-0.15, -0.1) is 12.4 Å². The van der Waals surface area contributed by atoms with E-state index in [2.05, 4.69) is 10.3 Å². The Balaban J connectivity index is 0.00000400. The predicted molar refractivity (Wildman–Crippen MR) is 69.9 cm³/mol. The molecule has 0 amide bonds. The molecular formula is C12H14ClF4N3O. The van der Waals surface area contributed by atoms with E-state index in [0.29, 0.717) is 0 Å². The summed E-state index contributed by atoms with van der Waals surface area (Å²) in [4.78, 5) is 3.56. The maximum absolute atomic E-state index is 13.2. The summed E-state index contributed by atoms with van der Waals surface area (Å²) in [7, 11) is 1.51. The smallest absolute Gasteiger partial charge is 0.425 e. The molecule has 0 aromatic carbocycles. The molecule has 1 rings (SSSR count). The SMILES string of the molecule is CNCC[C@@H](Oc1nc(C)c(F)cc1C#N)C(F)(F)F.Cl. The van der Waals surface area contributed by atoms with Gasteiger partial charge in [-0.2, -0.15) is 18.4 Å². The molecule has 0 unspecified atom stereocenters. The maximum atomic E-state index is 13.2. The lowest BCUT2D eigenvalue weighted by Gasteiger charge is -2.21. The Labute approximate surface area is 125 Å². The van der Waals surface area contributed by atoms with Crippen molar-refractivity contribution in [3.8, 4) is 11.9 Å². The van der Waals surface area contributed by atoms with Crippen LogP contribution in [0.2, 0.25) is 0 Å². The highest BCUT2D eigenvalue weighted by atomic mass is 35.5. The van der Waals surface area contributed by atoms with Gasteiger partial charge in [0.2, 0.25) is 5.88 Å². The standard InChI is InChI=1S/C12H13F4N3O.ClH/c1-7-9(13)5-8(6-17)11(19-7)20-10(3-4-18-2)12(14,15)16;/h5,10,18H,3-4H2,1-2H3;1H/t10-;/m1./s1. The van der Waals surface area contributed by atoms with Gasteiger partial charge in [-0.3, -0.25) is 0 Å². The number of nitrogens with one attached hydrogen (secondary N) is 1. The van der Waals surface area contributed by atoms with Crippen LogP contribution in [0.3, 0.4) is 0 Å². The van der Waals surface area contributed by atoms with Crippen molar-refractivity contribution in [2.24, 2.45) is 0 Å². The van der Waals surface area contributed by atoms with Gasteiger partial charge in [-0.05, 0) is 26.6 Å². The number of alkyl halides is 3. The van der Waals surface area contributed by atoms with Gasteiger partial charge in [0.25, 0.3) is 0 Å². The summed E-state index contributed by atoms with van der Waals surface area (Å²) in [6.07, 6.45) is -7.06. The third-order valence-corrected chi connectivity index (χ3v) is 2.51. The number of rotatable bonds is 5. The van der Waals surface area contributed by atoms with E-state index in [1.54, 1.807) is 6.07 Å². The Kier molecular flexibility index (Phi) is 7.39. The molecule has 0 spiro atoms. The van der Waals surface area contributed by atoms with Crippen LogP contribution in [0.15, 0.2) is 6.07 Å². The van der Waals surface area contributed by atoms with E-state index in [9.17, 15) is 17.6 Å². The van der Waals surface area contributed by atoms with Crippen LogP contribution in [0.25, 0.3) is 0 Å². The molecule has 0 radical (unpaired) electrons. The number of aryl methyl sites for hydroxylation is 1. The molecule has 9 heteroatoms. The molecule has 0 fully saturated rings. The van der Waals surface area contributed by atoms with E-state index in [-0.39, 0.29) is 36.6 Å². The summed E-state index contributed by atoms with van der Waals surface area (Å²) < 4.78 is 56.4. The first-order valence-electron chi connectivity index (χ1n) is 5.74. The van der Waals surface area contributed by atoms with Gasteiger partial charge in [-0.25, -0.2) is 9.37 Å². The second-order valence-electron chi connectivity index (χ2n) is 4.06. The lowest BCUT2D eigenvalue weighted by Crippen LogP contribution is -2.37. The summed E-state index contributed by atoms with van der Waals surface area (Å²) in [6.45, 7) is 1.35. The van der Waals surface area contributed by atoms with Gasteiger partial charge < -0.3 is 10.1 Å². The first kappa shape index (κ1) is 19.4. The summed E-state index contributed by atoms with van der Waals surface area (Å²) >= 11 is 0. The van der Waals surface area contributed by atoms with Crippen LogP contribution in [0.4, 0.5) is 17.6 Å². The Bertz CT molecular complexity index is 516. The summed E-state index contributed by atoms with van der Waals surface area (Å²) in [5, 5.41) is 11.4. The average molecular weight is 328 g/mol. The highest BCUT2D eigenvalue weighted by Crippen LogP contribution is 2.28. The third kappa shape index (κ3) is 5.36. The second kappa shape index (κ2) is 8.00. The van der Waals surface area contributed by atoms with E-state index in [0.717, 1.165) is 6.07 Å². The van der Waals surface area contributed by atoms with Crippen molar-refractivity contribution in [3.63, 3.8) is 0 Å². The molecule has 1 N–H and O–H groups in total. The quantitative estimate of drug-likeness (QED) is 0.845. The van der Waals surface area contributed by atoms with Gasteiger partial charge in [0.05, 0.1) is 5.69 Å². The van der Waals surface area contributed by atoms with Crippen molar-refractivity contribution in [2.45, 2.75) is 25.6 Å². The van der Waals surface area contributed by atoms with Gasteiger partial charge in [0, 0.05) is 6.42 Å². The first-order valence-corrected chi connectivity index (χ1v) is 5.74. The van der Waals surface area contributed by atoms with Gasteiger partial charge in [-0.1, -0.05) is 0 Å². The summed E-state index contributed by atoms with van der Waals surface area (Å²) in [5.74, 6) is -1.28. The number of hydrogen-bond donors (Lipinski definition) is 1. The fraction of sp³-hybridized carbons (Fsp3) is 0.500. The average Bonchev–Trinajstić information content (AvgIpc) is 2.36. The van der Waals surface area contributed by atoms with E-state index in [1.807, 2.05) is 0 Å². The normalized spacial score (nSPS) is 12.2. The van der Waals surface area contributed by atoms with Crippen molar-refractivity contribution in [3.05, 3.63) is 23.1 Å². The largest absolute Gasteiger partial charge is 0.464 e. The van der Waals surface area contributed by atoms with Crippen LogP contribution in [-0.4, -0.2) is 30.9 Å². The van der Waals surface area contributed by atoms with Gasteiger partial charge in [0.15, 0.2) is 6.10 Å². The minimum atomic E-state index is -4.60. The topological polar surface area (TPSA) is 57.9 Å². The molecule has 1 aromatic heterocycles. The van der Waals surface area contributed by atoms with Crippen LogP contribution >= 0.6 is 12.4 Å². The maximum Gasteiger partial charge on any atom is 0.425 e. The Morgan fingerprint density at radius 1 is 1.48 bits per heavy atom. The molecule has 0 saturated heterocycles. The molecule has 1 aromatic rings. The number of ether oxygens (including phenoxy) is 1. The van der Waals surface area contributed by atoms with E-state index < -0.39 is 24.0 Å². The molecule has 0 aliphatic heterocycles. The number of aromatic nitrogens is 1. The van der Waals surface area contributed by atoms with Crippen molar-refractivity contribution in [1.29, 1.82) is 5.26 Å². The molecular weight excluding hydrogens is 314 g/mol. The van der Waals surface area contributed by atoms with Gasteiger partial charge >= 0.3 is 6.18 Å².